The van der Waals surface area contributed by atoms with Gasteiger partial charge in [0.2, 0.25) is 0 Å². The summed E-state index contributed by atoms with van der Waals surface area (Å²) < 4.78 is 2.68. The number of pyridine rings is 2. The van der Waals surface area contributed by atoms with E-state index in [1.165, 1.54) is 74.4 Å². The van der Waals surface area contributed by atoms with E-state index in [1.807, 2.05) is 59.6 Å². The highest BCUT2D eigenvalue weighted by molar-refractivity contribution is 7.18. The van der Waals surface area contributed by atoms with Crippen LogP contribution in [0.3, 0.4) is 0 Å². The fourth-order valence-electron chi connectivity index (χ4n) is 6.34. The molecule has 0 fully saturated rings. The number of hydrogen-bond donors (Lipinski definition) is 0. The van der Waals surface area contributed by atoms with E-state index in [9.17, 15) is 0 Å². The van der Waals surface area contributed by atoms with Gasteiger partial charge in [-0.3, -0.25) is 9.97 Å². The molecule has 2 nitrogen and oxygen atoms in total. The molecule has 9 aromatic rings. The summed E-state index contributed by atoms with van der Waals surface area (Å²) >= 11 is 3.66. The molecule has 186 valence electrons. The molecular weight excluding hydrogens is 525 g/mol. The van der Waals surface area contributed by atoms with Crippen LogP contribution in [0.1, 0.15) is 0 Å². The van der Waals surface area contributed by atoms with Gasteiger partial charge in [-0.2, -0.15) is 0 Å². The molecule has 5 aromatic carbocycles. The first kappa shape index (κ1) is 22.2. The number of thiophene rings is 2. The summed E-state index contributed by atoms with van der Waals surface area (Å²) in [4.78, 5) is 8.90. The van der Waals surface area contributed by atoms with Crippen molar-refractivity contribution in [3.63, 3.8) is 0 Å². The Balaban J connectivity index is 1.51. The zero-order valence-electron chi connectivity index (χ0n) is 21.3. The van der Waals surface area contributed by atoms with Crippen LogP contribution in [0.15, 0.2) is 120 Å². The summed E-state index contributed by atoms with van der Waals surface area (Å²) in [6, 6.07) is 31.5. The molecule has 0 bridgehead atoms. The third kappa shape index (κ3) is 3.15. The third-order valence-corrected chi connectivity index (χ3v) is 10.0. The first-order chi connectivity index (χ1) is 19.8. The molecular formula is C36H20N2S2. The number of fused-ring (bicyclic) bond motifs is 10. The smallest absolute Gasteiger partial charge is 0.0427 e. The van der Waals surface area contributed by atoms with Crippen LogP contribution in [-0.2, 0) is 0 Å². The van der Waals surface area contributed by atoms with Crippen LogP contribution < -0.4 is 0 Å². The van der Waals surface area contributed by atoms with E-state index in [0.29, 0.717) is 0 Å². The van der Waals surface area contributed by atoms with Gasteiger partial charge in [-0.15, -0.1) is 22.7 Å². The quantitative estimate of drug-likeness (QED) is 0.160. The second kappa shape index (κ2) is 8.43. The van der Waals surface area contributed by atoms with E-state index in [4.69, 9.17) is 0 Å². The van der Waals surface area contributed by atoms with E-state index in [-0.39, 0.29) is 0 Å². The lowest BCUT2D eigenvalue weighted by Crippen LogP contribution is -1.89. The predicted octanol–water partition coefficient (Wildman–Crippen LogP) is 10.9. The molecule has 0 spiro atoms. The zero-order chi connectivity index (χ0) is 26.2. The highest BCUT2D eigenvalue weighted by Crippen LogP contribution is 2.45. The van der Waals surface area contributed by atoms with Crippen LogP contribution >= 0.6 is 22.7 Å². The maximum absolute atomic E-state index is 4.45. The molecule has 4 heterocycles. The van der Waals surface area contributed by atoms with Crippen LogP contribution in [0.4, 0.5) is 0 Å². The largest absolute Gasteiger partial charge is 0.264 e. The summed E-state index contributed by atoms with van der Waals surface area (Å²) in [6.07, 6.45) is 7.63. The Kier molecular flexibility index (Phi) is 4.68. The Hall–Kier alpha value is -4.64. The Morgan fingerprint density at radius 3 is 1.45 bits per heavy atom. The molecule has 0 saturated carbocycles. The van der Waals surface area contributed by atoms with Crippen molar-refractivity contribution in [2.75, 3.05) is 0 Å². The van der Waals surface area contributed by atoms with E-state index in [2.05, 4.69) is 93.5 Å². The molecule has 0 N–H and O–H groups in total. The molecule has 0 unspecified atom stereocenters. The molecule has 40 heavy (non-hydrogen) atoms. The van der Waals surface area contributed by atoms with Gasteiger partial charge in [-0.1, -0.05) is 36.4 Å². The molecule has 0 aliphatic rings. The van der Waals surface area contributed by atoms with Gasteiger partial charge in [0, 0.05) is 56.1 Å². The fourth-order valence-corrected chi connectivity index (χ4v) is 8.26. The van der Waals surface area contributed by atoms with E-state index in [0.717, 1.165) is 11.1 Å². The first-order valence-electron chi connectivity index (χ1n) is 13.3. The maximum atomic E-state index is 4.45. The molecule has 0 atom stereocenters. The molecule has 9 rings (SSSR count). The van der Waals surface area contributed by atoms with Crippen molar-refractivity contribution < 1.29 is 0 Å². The Labute approximate surface area is 237 Å². The van der Waals surface area contributed by atoms with Gasteiger partial charge in [0.1, 0.15) is 0 Å². The lowest BCUT2D eigenvalue weighted by atomic mass is 9.88. The summed E-state index contributed by atoms with van der Waals surface area (Å²) in [5, 5.41) is 17.3. The van der Waals surface area contributed by atoms with Gasteiger partial charge in [0.25, 0.3) is 0 Å². The number of hydrogen-bond acceptors (Lipinski definition) is 4. The highest BCUT2D eigenvalue weighted by atomic mass is 32.1. The average Bonchev–Trinajstić information content (AvgIpc) is 3.70. The average molecular weight is 545 g/mol. The first-order valence-corrected chi connectivity index (χ1v) is 15.0. The van der Waals surface area contributed by atoms with E-state index < -0.39 is 0 Å². The lowest BCUT2D eigenvalue weighted by Gasteiger charge is -2.16. The van der Waals surface area contributed by atoms with Gasteiger partial charge in [-0.25, -0.2) is 0 Å². The molecule has 0 amide bonds. The Morgan fingerprint density at radius 1 is 0.450 bits per heavy atom. The minimum absolute atomic E-state index is 1.14. The summed E-state index contributed by atoms with van der Waals surface area (Å²) in [6.45, 7) is 0. The van der Waals surface area contributed by atoms with Gasteiger partial charge >= 0.3 is 0 Å². The maximum Gasteiger partial charge on any atom is 0.0427 e. The normalized spacial score (nSPS) is 12.0. The minimum Gasteiger partial charge on any atom is -0.264 e. The summed E-state index contributed by atoms with van der Waals surface area (Å²) in [5.74, 6) is 0. The summed E-state index contributed by atoms with van der Waals surface area (Å²) in [7, 11) is 0. The molecule has 4 heteroatoms. The van der Waals surface area contributed by atoms with Crippen molar-refractivity contribution >= 4 is 85.9 Å². The second-order valence-electron chi connectivity index (χ2n) is 10.3. The topological polar surface area (TPSA) is 25.8 Å². The standard InChI is InChI=1S/C36H20N2S2/c1-3-23(19-37-11-1)29-16-25-15-26-17-30(24-4-2-12-38-20-24)28-8-6-22-10-14-40-36(22)34(28)32(26)18-31(25)33-27(29)7-5-21-9-13-39-35(21)33/h1-20H. The van der Waals surface area contributed by atoms with Gasteiger partial charge in [0.15, 0.2) is 0 Å². The van der Waals surface area contributed by atoms with Crippen LogP contribution in [0, 0.1) is 0 Å². The Bertz CT molecular complexity index is 2250. The summed E-state index contributed by atoms with van der Waals surface area (Å²) in [5.41, 5.74) is 4.72. The number of aromatic nitrogens is 2. The zero-order valence-corrected chi connectivity index (χ0v) is 22.9. The molecule has 0 aliphatic heterocycles. The van der Waals surface area contributed by atoms with Crippen molar-refractivity contribution in [2.24, 2.45) is 0 Å². The third-order valence-electron chi connectivity index (χ3n) is 8.13. The van der Waals surface area contributed by atoms with Crippen LogP contribution in [0.2, 0.25) is 0 Å². The number of nitrogens with zero attached hydrogens (tertiary/aromatic N) is 2. The Morgan fingerprint density at radius 2 is 0.975 bits per heavy atom. The predicted molar refractivity (Wildman–Crippen MR) is 174 cm³/mol. The van der Waals surface area contributed by atoms with Gasteiger partial charge in [0.05, 0.1) is 0 Å². The SMILES string of the molecule is c1cncc(-c2cc3cc4cc(-c5cccnc5)c5ccc6ccsc6c5c4cc3c3c2ccc2ccsc23)c1. The molecule has 0 radical (unpaired) electrons. The lowest BCUT2D eigenvalue weighted by molar-refractivity contribution is 1.33. The van der Waals surface area contributed by atoms with Gasteiger partial charge < -0.3 is 0 Å². The number of benzene rings is 5. The monoisotopic (exact) mass is 544 g/mol. The van der Waals surface area contributed by atoms with Crippen LogP contribution in [0.25, 0.3) is 85.5 Å². The van der Waals surface area contributed by atoms with Crippen molar-refractivity contribution in [1.82, 2.24) is 9.97 Å². The second-order valence-corrected chi connectivity index (χ2v) is 12.1. The fraction of sp³-hybridized carbons (Fsp3) is 0. The highest BCUT2D eigenvalue weighted by Gasteiger charge is 2.17. The van der Waals surface area contributed by atoms with Crippen LogP contribution in [0.5, 0.6) is 0 Å². The van der Waals surface area contributed by atoms with Crippen LogP contribution in [-0.4, -0.2) is 9.97 Å². The van der Waals surface area contributed by atoms with E-state index in [1.54, 1.807) is 0 Å². The molecule has 0 aliphatic carbocycles. The molecule has 4 aromatic heterocycles. The van der Waals surface area contributed by atoms with E-state index >= 15 is 0 Å². The van der Waals surface area contributed by atoms with Crippen molar-refractivity contribution in [2.45, 2.75) is 0 Å². The van der Waals surface area contributed by atoms with Crippen molar-refractivity contribution in [3.8, 4) is 22.3 Å². The van der Waals surface area contributed by atoms with Crippen molar-refractivity contribution in [1.29, 1.82) is 0 Å². The van der Waals surface area contributed by atoms with Crippen molar-refractivity contribution in [3.05, 3.63) is 120 Å². The van der Waals surface area contributed by atoms with Gasteiger partial charge in [-0.05, 0) is 114 Å². The molecule has 0 saturated heterocycles. The number of rotatable bonds is 2. The minimum atomic E-state index is 1.14.